The molecule has 1 heterocycles. The van der Waals surface area contributed by atoms with E-state index in [1.807, 2.05) is 13.8 Å². The van der Waals surface area contributed by atoms with Crippen molar-refractivity contribution < 1.29 is 4.74 Å². The molecule has 5 heteroatoms. The fourth-order valence-corrected chi connectivity index (χ4v) is 1.73. The van der Waals surface area contributed by atoms with Crippen LogP contribution < -0.4 is 10.9 Å². The lowest BCUT2D eigenvalue weighted by Crippen LogP contribution is -2.29. The topological polar surface area (TPSA) is 67.0 Å². The second kappa shape index (κ2) is 5.77. The number of aromatic amines is 1. The first-order chi connectivity index (χ1) is 7.56. The van der Waals surface area contributed by atoms with Gasteiger partial charge in [-0.05, 0) is 20.8 Å². The lowest BCUT2D eigenvalue weighted by molar-refractivity contribution is 0.196. The third-order valence-electron chi connectivity index (χ3n) is 2.45. The number of hydrogen-bond donors (Lipinski definition) is 2. The molecule has 0 radical (unpaired) electrons. The summed E-state index contributed by atoms with van der Waals surface area (Å²) in [7, 11) is 1.65. The van der Waals surface area contributed by atoms with Gasteiger partial charge in [0.05, 0.1) is 12.2 Å². The fourth-order valence-electron chi connectivity index (χ4n) is 1.73. The van der Waals surface area contributed by atoms with Crippen LogP contribution >= 0.6 is 0 Å². The molecule has 0 spiro atoms. The van der Waals surface area contributed by atoms with Gasteiger partial charge >= 0.3 is 0 Å². The van der Waals surface area contributed by atoms with Gasteiger partial charge in [0, 0.05) is 25.4 Å². The van der Waals surface area contributed by atoms with Crippen molar-refractivity contribution in [1.82, 2.24) is 15.3 Å². The maximum Gasteiger partial charge on any atom is 0.255 e. The van der Waals surface area contributed by atoms with Crippen LogP contribution in [0.4, 0.5) is 0 Å². The summed E-state index contributed by atoms with van der Waals surface area (Å²) < 4.78 is 4.94. The highest BCUT2D eigenvalue weighted by Crippen LogP contribution is 2.09. The molecule has 0 bridgehead atoms. The van der Waals surface area contributed by atoms with Gasteiger partial charge in [0.1, 0.15) is 5.82 Å². The molecule has 1 aromatic rings. The molecule has 5 nitrogen and oxygen atoms in total. The minimum absolute atomic E-state index is 0.0213. The van der Waals surface area contributed by atoms with E-state index >= 15 is 0 Å². The molecule has 0 saturated carbocycles. The largest absolute Gasteiger partial charge is 0.383 e. The van der Waals surface area contributed by atoms with Crippen LogP contribution in [-0.2, 0) is 4.74 Å². The first kappa shape index (κ1) is 12.9. The number of hydrogen-bond acceptors (Lipinski definition) is 4. The summed E-state index contributed by atoms with van der Waals surface area (Å²) in [5.41, 5.74) is 1.41. The third-order valence-corrected chi connectivity index (χ3v) is 2.45. The summed E-state index contributed by atoms with van der Waals surface area (Å²) in [5, 5.41) is 3.22. The highest BCUT2D eigenvalue weighted by Gasteiger charge is 2.13. The van der Waals surface area contributed by atoms with Gasteiger partial charge in [-0.3, -0.25) is 4.79 Å². The molecule has 0 fully saturated rings. The standard InChI is InChI=1S/C11H19N3O2/c1-7(12-5-6-16-4)10-8(2)13-9(3)14-11(10)15/h7,12H,5-6H2,1-4H3,(H,13,14,15). The normalized spacial score (nSPS) is 12.8. The molecule has 0 amide bonds. The summed E-state index contributed by atoms with van der Waals surface area (Å²) in [6, 6.07) is -0.0213. The van der Waals surface area contributed by atoms with Crippen molar-refractivity contribution in [3.8, 4) is 0 Å². The molecule has 1 atom stereocenters. The Morgan fingerprint density at radius 1 is 1.50 bits per heavy atom. The zero-order valence-electron chi connectivity index (χ0n) is 10.3. The average molecular weight is 225 g/mol. The Morgan fingerprint density at radius 2 is 2.19 bits per heavy atom. The van der Waals surface area contributed by atoms with E-state index in [1.165, 1.54) is 0 Å². The van der Waals surface area contributed by atoms with Crippen LogP contribution in [0.15, 0.2) is 4.79 Å². The Labute approximate surface area is 95.3 Å². The van der Waals surface area contributed by atoms with Gasteiger partial charge in [-0.1, -0.05) is 0 Å². The van der Waals surface area contributed by atoms with Gasteiger partial charge in [0.15, 0.2) is 0 Å². The lowest BCUT2D eigenvalue weighted by atomic mass is 10.1. The summed E-state index contributed by atoms with van der Waals surface area (Å²) in [4.78, 5) is 18.7. The van der Waals surface area contributed by atoms with Crippen molar-refractivity contribution >= 4 is 0 Å². The van der Waals surface area contributed by atoms with Crippen molar-refractivity contribution in [2.45, 2.75) is 26.8 Å². The summed E-state index contributed by atoms with van der Waals surface area (Å²) in [6.07, 6.45) is 0. The minimum Gasteiger partial charge on any atom is -0.383 e. The van der Waals surface area contributed by atoms with Crippen LogP contribution in [0.3, 0.4) is 0 Å². The highest BCUT2D eigenvalue weighted by atomic mass is 16.5. The number of nitrogens with one attached hydrogen (secondary N) is 2. The van der Waals surface area contributed by atoms with Crippen molar-refractivity contribution in [2.75, 3.05) is 20.3 Å². The average Bonchev–Trinajstić information content (AvgIpc) is 2.16. The predicted octanol–water partition coefficient (Wildman–Crippen LogP) is 0.684. The Bertz CT molecular complexity index is 401. The Hall–Kier alpha value is -1.20. The molecule has 0 aromatic carbocycles. The van der Waals surface area contributed by atoms with E-state index in [1.54, 1.807) is 14.0 Å². The Morgan fingerprint density at radius 3 is 2.75 bits per heavy atom. The van der Waals surface area contributed by atoms with Gasteiger partial charge in [-0.2, -0.15) is 0 Å². The molecule has 0 aliphatic rings. The van der Waals surface area contributed by atoms with Crippen LogP contribution in [0, 0.1) is 13.8 Å². The molecule has 0 aliphatic heterocycles. The van der Waals surface area contributed by atoms with E-state index in [2.05, 4.69) is 15.3 Å². The fraction of sp³-hybridized carbons (Fsp3) is 0.636. The maximum atomic E-state index is 11.8. The SMILES string of the molecule is COCCNC(C)c1c(C)nc(C)[nH]c1=O. The third kappa shape index (κ3) is 3.15. The Balaban J connectivity index is 2.83. The van der Waals surface area contributed by atoms with Crippen LogP contribution in [0.5, 0.6) is 0 Å². The zero-order valence-corrected chi connectivity index (χ0v) is 10.3. The summed E-state index contributed by atoms with van der Waals surface area (Å²) >= 11 is 0. The van der Waals surface area contributed by atoms with E-state index in [9.17, 15) is 4.79 Å². The molecule has 1 aromatic heterocycles. The second-order valence-electron chi connectivity index (χ2n) is 3.82. The smallest absolute Gasteiger partial charge is 0.255 e. The highest BCUT2D eigenvalue weighted by molar-refractivity contribution is 5.19. The molecule has 16 heavy (non-hydrogen) atoms. The molecule has 0 aliphatic carbocycles. The molecular formula is C11H19N3O2. The molecule has 1 rings (SSSR count). The van der Waals surface area contributed by atoms with Gasteiger partial charge in [0.2, 0.25) is 0 Å². The number of H-pyrrole nitrogens is 1. The molecule has 0 saturated heterocycles. The summed E-state index contributed by atoms with van der Waals surface area (Å²) in [6.45, 7) is 6.92. The van der Waals surface area contributed by atoms with Crippen LogP contribution in [0.1, 0.15) is 30.0 Å². The molecule has 1 unspecified atom stereocenters. The summed E-state index contributed by atoms with van der Waals surface area (Å²) in [5.74, 6) is 0.648. The van der Waals surface area contributed by atoms with Crippen molar-refractivity contribution in [1.29, 1.82) is 0 Å². The second-order valence-corrected chi connectivity index (χ2v) is 3.82. The number of rotatable bonds is 5. The van der Waals surface area contributed by atoms with Crippen molar-refractivity contribution in [3.05, 3.63) is 27.4 Å². The van der Waals surface area contributed by atoms with E-state index < -0.39 is 0 Å². The maximum absolute atomic E-state index is 11.8. The number of aryl methyl sites for hydroxylation is 2. The van der Waals surface area contributed by atoms with Crippen LogP contribution in [0.25, 0.3) is 0 Å². The first-order valence-corrected chi connectivity index (χ1v) is 5.36. The predicted molar refractivity (Wildman–Crippen MR) is 62.6 cm³/mol. The quantitative estimate of drug-likeness (QED) is 0.723. The number of methoxy groups -OCH3 is 1. The first-order valence-electron chi connectivity index (χ1n) is 5.36. The van der Waals surface area contributed by atoms with Gasteiger partial charge in [0.25, 0.3) is 5.56 Å². The molecular weight excluding hydrogens is 206 g/mol. The van der Waals surface area contributed by atoms with Gasteiger partial charge in [-0.25, -0.2) is 4.98 Å². The van der Waals surface area contributed by atoms with E-state index in [0.29, 0.717) is 24.5 Å². The van der Waals surface area contributed by atoms with Gasteiger partial charge < -0.3 is 15.0 Å². The van der Waals surface area contributed by atoms with Crippen LogP contribution in [-0.4, -0.2) is 30.2 Å². The zero-order chi connectivity index (χ0) is 12.1. The van der Waals surface area contributed by atoms with Crippen molar-refractivity contribution in [3.63, 3.8) is 0 Å². The Kier molecular flexibility index (Phi) is 4.64. The molecule has 2 N–H and O–H groups in total. The lowest BCUT2D eigenvalue weighted by Gasteiger charge is -2.14. The van der Waals surface area contributed by atoms with E-state index in [4.69, 9.17) is 4.74 Å². The van der Waals surface area contributed by atoms with Crippen LogP contribution in [0.2, 0.25) is 0 Å². The van der Waals surface area contributed by atoms with E-state index in [-0.39, 0.29) is 11.6 Å². The van der Waals surface area contributed by atoms with Gasteiger partial charge in [-0.15, -0.1) is 0 Å². The number of ether oxygens (including phenoxy) is 1. The van der Waals surface area contributed by atoms with E-state index in [0.717, 1.165) is 5.69 Å². The molecule has 90 valence electrons. The monoisotopic (exact) mass is 225 g/mol. The minimum atomic E-state index is -0.0672. The van der Waals surface area contributed by atoms with Crippen molar-refractivity contribution in [2.24, 2.45) is 0 Å². The number of nitrogens with zero attached hydrogens (tertiary/aromatic N) is 1. The number of aromatic nitrogens is 2.